The first kappa shape index (κ1) is 16.4. The molecule has 0 amide bonds. The molecule has 4 nitrogen and oxygen atoms in total. The highest BCUT2D eigenvalue weighted by Gasteiger charge is 2.40. The maximum absolute atomic E-state index is 6.24. The highest BCUT2D eigenvalue weighted by Crippen LogP contribution is 2.39. The monoisotopic (exact) mass is 354 g/mol. The van der Waals surface area contributed by atoms with Crippen molar-refractivity contribution in [3.8, 4) is 0 Å². The maximum atomic E-state index is 6.24. The predicted molar refractivity (Wildman–Crippen MR) is 104 cm³/mol. The minimum Gasteiger partial charge on any atom is -0.371 e. The van der Waals surface area contributed by atoms with Crippen LogP contribution in [0, 0.1) is 0 Å². The summed E-state index contributed by atoms with van der Waals surface area (Å²) in [6, 6.07) is 16.1. The van der Waals surface area contributed by atoms with Crippen molar-refractivity contribution >= 4 is 28.8 Å². The largest absolute Gasteiger partial charge is 0.371 e. The number of nitrogens with one attached hydrogen (secondary N) is 3. The zero-order chi connectivity index (χ0) is 17.1. The Balaban J connectivity index is 1.54. The summed E-state index contributed by atoms with van der Waals surface area (Å²) >= 11 is 6.24. The van der Waals surface area contributed by atoms with Gasteiger partial charge in [-0.3, -0.25) is 0 Å². The Bertz CT molecular complexity index is 781. The third-order valence-electron chi connectivity index (χ3n) is 5.11. The Morgan fingerprint density at radius 2 is 1.76 bits per heavy atom. The summed E-state index contributed by atoms with van der Waals surface area (Å²) < 4.78 is 0. The smallest absolute Gasteiger partial charge is 0.142 e. The zero-order valence-electron chi connectivity index (χ0n) is 14.2. The van der Waals surface area contributed by atoms with Gasteiger partial charge in [0.15, 0.2) is 0 Å². The van der Waals surface area contributed by atoms with Crippen LogP contribution in [0.25, 0.3) is 0 Å². The average Bonchev–Trinajstić information content (AvgIpc) is 2.64. The van der Waals surface area contributed by atoms with Crippen LogP contribution in [0.3, 0.4) is 0 Å². The van der Waals surface area contributed by atoms with E-state index in [1.807, 2.05) is 36.4 Å². The number of nitrogens with zero attached hydrogens (tertiary/aromatic N) is 1. The van der Waals surface area contributed by atoms with E-state index < -0.39 is 0 Å². The highest BCUT2D eigenvalue weighted by atomic mass is 35.5. The average molecular weight is 355 g/mol. The van der Waals surface area contributed by atoms with Gasteiger partial charge in [-0.2, -0.15) is 0 Å². The molecular weight excluding hydrogens is 332 g/mol. The number of amidine groups is 1. The second-order valence-corrected chi connectivity index (χ2v) is 7.22. The molecule has 1 aliphatic carbocycles. The summed E-state index contributed by atoms with van der Waals surface area (Å²) in [7, 11) is 0. The third kappa shape index (κ3) is 3.37. The first-order valence-corrected chi connectivity index (χ1v) is 9.33. The van der Waals surface area contributed by atoms with Crippen LogP contribution < -0.4 is 16.2 Å². The van der Waals surface area contributed by atoms with Crippen LogP contribution in [-0.2, 0) is 6.54 Å². The van der Waals surface area contributed by atoms with Gasteiger partial charge in [-0.1, -0.05) is 61.2 Å². The number of hydrazine groups is 1. The van der Waals surface area contributed by atoms with Gasteiger partial charge < -0.3 is 10.7 Å². The molecule has 2 aromatic carbocycles. The van der Waals surface area contributed by atoms with E-state index in [0.29, 0.717) is 6.54 Å². The molecule has 0 saturated heterocycles. The van der Waals surface area contributed by atoms with Crippen molar-refractivity contribution in [3.63, 3.8) is 0 Å². The molecule has 0 unspecified atom stereocenters. The van der Waals surface area contributed by atoms with E-state index in [9.17, 15) is 0 Å². The lowest BCUT2D eigenvalue weighted by Crippen LogP contribution is -2.57. The highest BCUT2D eigenvalue weighted by molar-refractivity contribution is 6.31. The Labute approximate surface area is 153 Å². The standard InChI is InChI=1S/C20H23ClN4/c21-16-9-3-2-8-15(16)14-22-25-19-20(12-6-1-7-13-20)24-18-11-5-4-10-17(18)23-19/h2-5,8-11,22,24H,1,6-7,12-14H2,(H,23,25). The van der Waals surface area contributed by atoms with Crippen molar-refractivity contribution < 1.29 is 0 Å². The molecule has 0 radical (unpaired) electrons. The number of para-hydroxylation sites is 2. The van der Waals surface area contributed by atoms with Crippen LogP contribution in [0.5, 0.6) is 0 Å². The summed E-state index contributed by atoms with van der Waals surface area (Å²) in [4.78, 5) is 4.92. The van der Waals surface area contributed by atoms with Gasteiger partial charge in [0.1, 0.15) is 5.84 Å². The van der Waals surface area contributed by atoms with Crippen molar-refractivity contribution in [2.75, 3.05) is 5.32 Å². The predicted octanol–water partition coefficient (Wildman–Crippen LogP) is 4.79. The summed E-state index contributed by atoms with van der Waals surface area (Å²) in [5, 5.41) is 4.54. The van der Waals surface area contributed by atoms with Crippen molar-refractivity contribution in [3.05, 3.63) is 59.1 Å². The van der Waals surface area contributed by atoms with E-state index in [0.717, 1.165) is 40.6 Å². The summed E-state index contributed by atoms with van der Waals surface area (Å²) in [5.74, 6) is 0.984. The number of hydrogen-bond acceptors (Lipinski definition) is 4. The Morgan fingerprint density at radius 1 is 1.00 bits per heavy atom. The lowest BCUT2D eigenvalue weighted by atomic mass is 9.79. The third-order valence-corrected chi connectivity index (χ3v) is 5.48. The molecule has 1 aliphatic heterocycles. The lowest BCUT2D eigenvalue weighted by Gasteiger charge is -2.42. The van der Waals surface area contributed by atoms with Gasteiger partial charge in [0.25, 0.3) is 0 Å². The SMILES string of the molecule is Clc1ccccc1CNNC1=Nc2ccccc2NC12CCCCC2. The Hall–Kier alpha value is -2.04. The molecule has 1 spiro atoms. The number of anilines is 1. The lowest BCUT2D eigenvalue weighted by molar-refractivity contribution is 0.391. The molecule has 1 fully saturated rings. The van der Waals surface area contributed by atoms with Gasteiger partial charge in [-0.05, 0) is 36.6 Å². The fraction of sp³-hybridized carbons (Fsp3) is 0.350. The molecule has 5 heteroatoms. The molecule has 2 aliphatic rings. The Kier molecular flexibility index (Phi) is 4.64. The molecule has 1 heterocycles. The van der Waals surface area contributed by atoms with Gasteiger partial charge in [0.2, 0.25) is 0 Å². The topological polar surface area (TPSA) is 48.5 Å². The molecular formula is C20H23ClN4. The molecule has 130 valence electrons. The van der Waals surface area contributed by atoms with Gasteiger partial charge in [0.05, 0.1) is 16.9 Å². The van der Waals surface area contributed by atoms with Gasteiger partial charge in [0, 0.05) is 11.6 Å². The van der Waals surface area contributed by atoms with Crippen LogP contribution in [-0.4, -0.2) is 11.4 Å². The normalized spacial score (nSPS) is 18.2. The number of halogens is 1. The number of aliphatic imine (C=N–C) groups is 1. The first-order chi connectivity index (χ1) is 12.3. The summed E-state index contributed by atoms with van der Waals surface area (Å²) in [6.07, 6.45) is 5.94. The molecule has 25 heavy (non-hydrogen) atoms. The number of fused-ring (bicyclic) bond motifs is 1. The minimum atomic E-state index is -0.0971. The van der Waals surface area contributed by atoms with Crippen LogP contribution in [0.2, 0.25) is 5.02 Å². The molecule has 1 saturated carbocycles. The van der Waals surface area contributed by atoms with Crippen LogP contribution >= 0.6 is 11.6 Å². The molecule has 3 N–H and O–H groups in total. The molecule has 4 rings (SSSR count). The van der Waals surface area contributed by atoms with Crippen LogP contribution in [0.15, 0.2) is 53.5 Å². The number of hydrogen-bond donors (Lipinski definition) is 3. The van der Waals surface area contributed by atoms with Crippen LogP contribution in [0.4, 0.5) is 11.4 Å². The second kappa shape index (κ2) is 7.06. The zero-order valence-corrected chi connectivity index (χ0v) is 14.9. The molecule has 0 bridgehead atoms. The van der Waals surface area contributed by atoms with E-state index >= 15 is 0 Å². The number of benzene rings is 2. The minimum absolute atomic E-state index is 0.0971. The second-order valence-electron chi connectivity index (χ2n) is 6.82. The first-order valence-electron chi connectivity index (χ1n) is 8.96. The van der Waals surface area contributed by atoms with E-state index in [1.54, 1.807) is 0 Å². The quantitative estimate of drug-likeness (QED) is 0.694. The van der Waals surface area contributed by atoms with Gasteiger partial charge >= 0.3 is 0 Å². The van der Waals surface area contributed by atoms with E-state index in [2.05, 4.69) is 28.3 Å². The number of rotatable bonds is 3. The van der Waals surface area contributed by atoms with Crippen molar-refractivity contribution in [1.29, 1.82) is 0 Å². The summed E-state index contributed by atoms with van der Waals surface area (Å²) in [5.41, 5.74) is 9.77. The maximum Gasteiger partial charge on any atom is 0.142 e. The fourth-order valence-electron chi connectivity index (χ4n) is 3.75. The van der Waals surface area contributed by atoms with Gasteiger partial charge in [-0.15, -0.1) is 0 Å². The van der Waals surface area contributed by atoms with Gasteiger partial charge in [-0.25, -0.2) is 10.4 Å². The van der Waals surface area contributed by atoms with Crippen molar-refractivity contribution in [2.24, 2.45) is 4.99 Å². The molecule has 0 aromatic heterocycles. The fourth-order valence-corrected chi connectivity index (χ4v) is 3.95. The van der Waals surface area contributed by atoms with Crippen LogP contribution in [0.1, 0.15) is 37.7 Å². The molecule has 2 aromatic rings. The van der Waals surface area contributed by atoms with E-state index in [1.165, 1.54) is 19.3 Å². The Morgan fingerprint density at radius 3 is 2.60 bits per heavy atom. The summed E-state index contributed by atoms with van der Waals surface area (Å²) in [6.45, 7) is 0.649. The van der Waals surface area contributed by atoms with Crippen molar-refractivity contribution in [1.82, 2.24) is 10.9 Å². The molecule has 0 atom stereocenters. The van der Waals surface area contributed by atoms with E-state index in [4.69, 9.17) is 16.6 Å². The van der Waals surface area contributed by atoms with Crippen molar-refractivity contribution in [2.45, 2.75) is 44.2 Å². The van der Waals surface area contributed by atoms with E-state index in [-0.39, 0.29) is 5.54 Å².